The van der Waals surface area contributed by atoms with Gasteiger partial charge in [-0.15, -0.1) is 0 Å². The van der Waals surface area contributed by atoms with E-state index in [2.05, 4.69) is 33.8 Å². The van der Waals surface area contributed by atoms with E-state index in [1.807, 2.05) is 0 Å². The molecule has 1 unspecified atom stereocenters. The molecule has 0 heterocycles. The second-order valence-corrected chi connectivity index (χ2v) is 5.24. The Morgan fingerprint density at radius 1 is 1.31 bits per heavy atom. The summed E-state index contributed by atoms with van der Waals surface area (Å²) in [6.45, 7) is 9.34. The van der Waals surface area contributed by atoms with Crippen LogP contribution in [0.1, 0.15) is 53.4 Å². The Morgan fingerprint density at radius 3 is 2.38 bits per heavy atom. The van der Waals surface area contributed by atoms with Gasteiger partial charge in [-0.1, -0.05) is 39.3 Å². The molecule has 0 amide bonds. The molecule has 0 nitrogen and oxygen atoms in total. The monoisotopic (exact) mass is 180 g/mol. The minimum Gasteiger partial charge on any atom is -0.0850 e. The van der Waals surface area contributed by atoms with Gasteiger partial charge in [0.15, 0.2) is 0 Å². The van der Waals surface area contributed by atoms with Gasteiger partial charge in [0.2, 0.25) is 0 Å². The standard InChI is InChI=1S/C13H24/c1-10(2)9-12-5-7-13(8-6-12)11(3)4/h5,10-11,13H,6-9H2,1-4H3. The van der Waals surface area contributed by atoms with Crippen LogP contribution < -0.4 is 0 Å². The molecule has 0 aromatic carbocycles. The van der Waals surface area contributed by atoms with Crippen molar-refractivity contribution in [2.75, 3.05) is 0 Å². The lowest BCUT2D eigenvalue weighted by atomic mass is 9.81. The summed E-state index contributed by atoms with van der Waals surface area (Å²) >= 11 is 0. The molecule has 0 saturated heterocycles. The molecule has 1 aliphatic rings. The summed E-state index contributed by atoms with van der Waals surface area (Å²) < 4.78 is 0. The Kier molecular flexibility index (Phi) is 4.02. The van der Waals surface area contributed by atoms with Crippen molar-refractivity contribution < 1.29 is 0 Å². The average Bonchev–Trinajstić information content (AvgIpc) is 2.04. The lowest BCUT2D eigenvalue weighted by Crippen LogP contribution is -2.12. The molecule has 0 aliphatic heterocycles. The average molecular weight is 180 g/mol. The molecule has 0 saturated carbocycles. The third-order valence-electron chi connectivity index (χ3n) is 3.16. The van der Waals surface area contributed by atoms with E-state index in [-0.39, 0.29) is 0 Å². The molecule has 0 spiro atoms. The van der Waals surface area contributed by atoms with E-state index in [0.29, 0.717) is 0 Å². The Hall–Kier alpha value is -0.260. The van der Waals surface area contributed by atoms with Crippen LogP contribution in [-0.2, 0) is 0 Å². The lowest BCUT2D eigenvalue weighted by Gasteiger charge is -2.25. The van der Waals surface area contributed by atoms with Gasteiger partial charge in [-0.25, -0.2) is 0 Å². The van der Waals surface area contributed by atoms with Crippen molar-refractivity contribution in [2.24, 2.45) is 17.8 Å². The van der Waals surface area contributed by atoms with Crippen LogP contribution in [0.4, 0.5) is 0 Å². The van der Waals surface area contributed by atoms with Crippen LogP contribution in [0.5, 0.6) is 0 Å². The molecule has 0 N–H and O–H groups in total. The van der Waals surface area contributed by atoms with Crippen molar-refractivity contribution in [3.63, 3.8) is 0 Å². The Labute approximate surface area is 83.4 Å². The maximum atomic E-state index is 2.51. The van der Waals surface area contributed by atoms with Crippen molar-refractivity contribution in [1.82, 2.24) is 0 Å². The Bertz CT molecular complexity index is 174. The molecule has 0 fully saturated rings. The fourth-order valence-corrected chi connectivity index (χ4v) is 2.22. The van der Waals surface area contributed by atoms with Crippen molar-refractivity contribution >= 4 is 0 Å². The van der Waals surface area contributed by atoms with E-state index in [1.165, 1.54) is 25.7 Å². The van der Waals surface area contributed by atoms with Crippen LogP contribution >= 0.6 is 0 Å². The molecule has 0 aromatic heterocycles. The van der Waals surface area contributed by atoms with Crippen LogP contribution in [0.15, 0.2) is 11.6 Å². The largest absolute Gasteiger partial charge is 0.0850 e. The van der Waals surface area contributed by atoms with Gasteiger partial charge in [-0.05, 0) is 43.4 Å². The highest BCUT2D eigenvalue weighted by Crippen LogP contribution is 2.31. The number of allylic oxidation sites excluding steroid dienone is 2. The van der Waals surface area contributed by atoms with Gasteiger partial charge in [-0.2, -0.15) is 0 Å². The lowest BCUT2D eigenvalue weighted by molar-refractivity contribution is 0.346. The van der Waals surface area contributed by atoms with E-state index in [9.17, 15) is 0 Å². The zero-order valence-electron chi connectivity index (χ0n) is 9.64. The summed E-state index contributed by atoms with van der Waals surface area (Å²) in [6, 6.07) is 0. The van der Waals surface area contributed by atoms with Crippen LogP contribution in [-0.4, -0.2) is 0 Å². The summed E-state index contributed by atoms with van der Waals surface area (Å²) in [7, 11) is 0. The highest BCUT2D eigenvalue weighted by molar-refractivity contribution is 5.07. The molecule has 1 aliphatic carbocycles. The Balaban J connectivity index is 2.39. The van der Waals surface area contributed by atoms with E-state index in [1.54, 1.807) is 5.57 Å². The second kappa shape index (κ2) is 4.83. The summed E-state index contributed by atoms with van der Waals surface area (Å²) in [5, 5.41) is 0. The summed E-state index contributed by atoms with van der Waals surface area (Å²) in [4.78, 5) is 0. The molecular weight excluding hydrogens is 156 g/mol. The van der Waals surface area contributed by atoms with Crippen LogP contribution in [0.2, 0.25) is 0 Å². The van der Waals surface area contributed by atoms with Gasteiger partial charge in [-0.3, -0.25) is 0 Å². The first-order valence-corrected chi connectivity index (χ1v) is 5.77. The highest BCUT2D eigenvalue weighted by atomic mass is 14.2. The number of hydrogen-bond donors (Lipinski definition) is 0. The predicted octanol–water partition coefficient (Wildman–Crippen LogP) is 4.42. The molecule has 1 atom stereocenters. The topological polar surface area (TPSA) is 0 Å². The summed E-state index contributed by atoms with van der Waals surface area (Å²) in [5.74, 6) is 2.66. The second-order valence-electron chi connectivity index (χ2n) is 5.24. The molecule has 1 rings (SSSR count). The molecule has 13 heavy (non-hydrogen) atoms. The van der Waals surface area contributed by atoms with Crippen LogP contribution in [0, 0.1) is 17.8 Å². The summed E-state index contributed by atoms with van der Waals surface area (Å²) in [5.41, 5.74) is 1.71. The minimum absolute atomic E-state index is 0.835. The first kappa shape index (κ1) is 10.8. The van der Waals surface area contributed by atoms with E-state index >= 15 is 0 Å². The smallest absolute Gasteiger partial charge is 0.0297 e. The van der Waals surface area contributed by atoms with E-state index in [4.69, 9.17) is 0 Å². The zero-order chi connectivity index (χ0) is 9.84. The fraction of sp³-hybridized carbons (Fsp3) is 0.846. The normalized spacial score (nSPS) is 23.8. The molecular formula is C13H24. The van der Waals surface area contributed by atoms with E-state index in [0.717, 1.165) is 17.8 Å². The highest BCUT2D eigenvalue weighted by Gasteiger charge is 2.17. The van der Waals surface area contributed by atoms with Crippen molar-refractivity contribution in [3.8, 4) is 0 Å². The SMILES string of the molecule is CC(C)CC1=CCC(C(C)C)CC1. The first-order valence-electron chi connectivity index (χ1n) is 5.77. The van der Waals surface area contributed by atoms with E-state index < -0.39 is 0 Å². The zero-order valence-corrected chi connectivity index (χ0v) is 9.64. The third kappa shape index (κ3) is 3.54. The van der Waals surface area contributed by atoms with Crippen molar-refractivity contribution in [1.29, 1.82) is 0 Å². The van der Waals surface area contributed by atoms with Gasteiger partial charge < -0.3 is 0 Å². The Morgan fingerprint density at radius 2 is 2.00 bits per heavy atom. The fourth-order valence-electron chi connectivity index (χ4n) is 2.22. The van der Waals surface area contributed by atoms with Gasteiger partial charge in [0, 0.05) is 0 Å². The molecule has 0 radical (unpaired) electrons. The minimum atomic E-state index is 0.835. The molecule has 0 aromatic rings. The molecule has 76 valence electrons. The maximum Gasteiger partial charge on any atom is -0.0297 e. The van der Waals surface area contributed by atoms with Crippen molar-refractivity contribution in [2.45, 2.75) is 53.4 Å². The number of hydrogen-bond acceptors (Lipinski definition) is 0. The van der Waals surface area contributed by atoms with Crippen molar-refractivity contribution in [3.05, 3.63) is 11.6 Å². The van der Waals surface area contributed by atoms with Crippen LogP contribution in [0.25, 0.3) is 0 Å². The van der Waals surface area contributed by atoms with Gasteiger partial charge in [0.25, 0.3) is 0 Å². The summed E-state index contributed by atoms with van der Waals surface area (Å²) in [6.07, 6.45) is 7.95. The molecule has 0 bridgehead atoms. The predicted molar refractivity (Wildman–Crippen MR) is 59.7 cm³/mol. The van der Waals surface area contributed by atoms with Gasteiger partial charge in [0.05, 0.1) is 0 Å². The quantitative estimate of drug-likeness (QED) is 0.564. The molecule has 0 heteroatoms. The maximum absolute atomic E-state index is 2.51. The van der Waals surface area contributed by atoms with Crippen LogP contribution in [0.3, 0.4) is 0 Å². The van der Waals surface area contributed by atoms with Gasteiger partial charge in [0.1, 0.15) is 0 Å². The van der Waals surface area contributed by atoms with Gasteiger partial charge >= 0.3 is 0 Å². The first-order chi connectivity index (χ1) is 6.09. The third-order valence-corrected chi connectivity index (χ3v) is 3.16. The number of rotatable bonds is 3.